The maximum absolute atomic E-state index is 12.4. The van der Waals surface area contributed by atoms with Crippen LogP contribution in [0.2, 0.25) is 5.02 Å². The molecule has 0 radical (unpaired) electrons. The summed E-state index contributed by atoms with van der Waals surface area (Å²) in [6.07, 6.45) is 0. The van der Waals surface area contributed by atoms with E-state index < -0.39 is 0 Å². The lowest BCUT2D eigenvalue weighted by atomic mass is 10.1. The molecule has 0 aromatic heterocycles. The third kappa shape index (κ3) is 4.88. The molecule has 0 saturated carbocycles. The van der Waals surface area contributed by atoms with E-state index in [2.05, 4.69) is 5.32 Å². The number of amides is 1. The molecule has 24 heavy (non-hydrogen) atoms. The smallest absolute Gasteiger partial charge is 0.255 e. The number of nitrogens with two attached hydrogens (primary N) is 1. The molecule has 0 saturated heterocycles. The highest BCUT2D eigenvalue weighted by Crippen LogP contribution is 2.28. The van der Waals surface area contributed by atoms with Gasteiger partial charge in [-0.15, -0.1) is 0 Å². The third-order valence-electron chi connectivity index (χ3n) is 3.42. The van der Waals surface area contributed by atoms with Crippen molar-refractivity contribution in [2.45, 2.75) is 19.6 Å². The molecule has 0 spiro atoms. The number of halogens is 1. The van der Waals surface area contributed by atoms with E-state index in [1.807, 2.05) is 37.3 Å². The molecule has 0 heterocycles. The minimum absolute atomic E-state index is 0.165. The van der Waals surface area contributed by atoms with E-state index in [9.17, 15) is 4.79 Å². The molecule has 0 aliphatic heterocycles. The Labute approximate surface area is 146 Å². The summed E-state index contributed by atoms with van der Waals surface area (Å²) in [4.78, 5) is 12.4. The number of carbonyl (C=O) groups excluding carboxylic acids is 1. The number of hydrogen-bond donors (Lipinski definition) is 2. The number of methoxy groups -OCH3 is 1. The fraction of sp³-hybridized carbons (Fsp3) is 0.278. The lowest BCUT2D eigenvalue weighted by molar-refractivity contribution is 0.0818. The van der Waals surface area contributed by atoms with Gasteiger partial charge in [-0.25, -0.2) is 0 Å². The van der Waals surface area contributed by atoms with Gasteiger partial charge in [0.25, 0.3) is 5.91 Å². The van der Waals surface area contributed by atoms with Crippen molar-refractivity contribution >= 4 is 23.2 Å². The molecule has 0 aliphatic rings. The minimum Gasteiger partial charge on any atom is -0.496 e. The summed E-state index contributed by atoms with van der Waals surface area (Å²) in [5.41, 5.74) is 7.51. The molecule has 0 aliphatic carbocycles. The van der Waals surface area contributed by atoms with Gasteiger partial charge in [0.15, 0.2) is 0 Å². The van der Waals surface area contributed by atoms with Crippen molar-refractivity contribution < 1.29 is 14.3 Å². The van der Waals surface area contributed by atoms with E-state index in [1.165, 1.54) is 19.2 Å². The van der Waals surface area contributed by atoms with Crippen LogP contribution in [0, 0.1) is 0 Å². The molecule has 6 heteroatoms. The van der Waals surface area contributed by atoms with Crippen LogP contribution in [0.5, 0.6) is 5.75 Å². The molecule has 128 valence electrons. The molecule has 0 bridgehead atoms. The second-order valence-electron chi connectivity index (χ2n) is 5.45. The van der Waals surface area contributed by atoms with Crippen LogP contribution in [-0.2, 0) is 11.3 Å². The Bertz CT molecular complexity index is 692. The summed E-state index contributed by atoms with van der Waals surface area (Å²) in [7, 11) is 1.48. The van der Waals surface area contributed by atoms with Crippen molar-refractivity contribution in [3.05, 3.63) is 58.6 Å². The standard InChI is InChI=1S/C18H21ClN2O3/c1-12(10-24-11-13-6-4-3-5-7-13)21-18(22)14-8-15(19)16(20)9-17(14)23-2/h3-9,12H,10-11,20H2,1-2H3,(H,21,22). The normalized spacial score (nSPS) is 11.8. The van der Waals surface area contributed by atoms with Crippen LogP contribution in [0.1, 0.15) is 22.8 Å². The Morgan fingerprint density at radius 1 is 1.29 bits per heavy atom. The fourth-order valence-corrected chi connectivity index (χ4v) is 2.35. The lowest BCUT2D eigenvalue weighted by Crippen LogP contribution is -2.36. The van der Waals surface area contributed by atoms with Crippen molar-refractivity contribution in [2.75, 3.05) is 19.5 Å². The zero-order valence-electron chi connectivity index (χ0n) is 13.7. The topological polar surface area (TPSA) is 73.6 Å². The van der Waals surface area contributed by atoms with Gasteiger partial charge in [0, 0.05) is 12.1 Å². The highest BCUT2D eigenvalue weighted by Gasteiger charge is 2.17. The number of anilines is 1. The first-order valence-electron chi connectivity index (χ1n) is 7.56. The van der Waals surface area contributed by atoms with Crippen LogP contribution < -0.4 is 15.8 Å². The summed E-state index contributed by atoms with van der Waals surface area (Å²) in [5.74, 6) is 0.0939. The van der Waals surface area contributed by atoms with Crippen molar-refractivity contribution in [2.24, 2.45) is 0 Å². The zero-order valence-corrected chi connectivity index (χ0v) is 14.5. The third-order valence-corrected chi connectivity index (χ3v) is 3.75. The van der Waals surface area contributed by atoms with Crippen LogP contribution in [0.4, 0.5) is 5.69 Å². The second-order valence-corrected chi connectivity index (χ2v) is 5.86. The monoisotopic (exact) mass is 348 g/mol. The Hall–Kier alpha value is -2.24. The molecule has 3 N–H and O–H groups in total. The van der Waals surface area contributed by atoms with Crippen molar-refractivity contribution in [3.63, 3.8) is 0 Å². The quantitative estimate of drug-likeness (QED) is 0.753. The maximum Gasteiger partial charge on any atom is 0.255 e. The number of ether oxygens (including phenoxy) is 2. The van der Waals surface area contributed by atoms with Gasteiger partial charge in [-0.1, -0.05) is 41.9 Å². The molecular weight excluding hydrogens is 328 g/mol. The Balaban J connectivity index is 1.90. The number of benzene rings is 2. The van der Waals surface area contributed by atoms with Crippen molar-refractivity contribution in [1.82, 2.24) is 5.32 Å². The molecule has 1 atom stereocenters. The maximum atomic E-state index is 12.4. The first kappa shape index (κ1) is 18.1. The minimum atomic E-state index is -0.287. The van der Waals surface area contributed by atoms with E-state index in [-0.39, 0.29) is 11.9 Å². The molecule has 2 aromatic carbocycles. The van der Waals surface area contributed by atoms with Crippen LogP contribution in [-0.4, -0.2) is 25.7 Å². The zero-order chi connectivity index (χ0) is 17.5. The van der Waals surface area contributed by atoms with E-state index in [1.54, 1.807) is 0 Å². The fourth-order valence-electron chi connectivity index (χ4n) is 2.19. The van der Waals surface area contributed by atoms with Gasteiger partial charge in [-0.3, -0.25) is 4.79 Å². The molecule has 5 nitrogen and oxygen atoms in total. The average Bonchev–Trinajstić information content (AvgIpc) is 2.57. The Morgan fingerprint density at radius 3 is 2.67 bits per heavy atom. The summed E-state index contributed by atoms with van der Waals surface area (Å²) >= 11 is 5.99. The lowest BCUT2D eigenvalue weighted by Gasteiger charge is -2.16. The predicted molar refractivity (Wildman–Crippen MR) is 95.4 cm³/mol. The Kier molecular flexibility index (Phi) is 6.46. The van der Waals surface area contributed by atoms with Crippen LogP contribution >= 0.6 is 11.6 Å². The van der Waals surface area contributed by atoms with Crippen LogP contribution in [0.25, 0.3) is 0 Å². The van der Waals surface area contributed by atoms with Gasteiger partial charge in [0.2, 0.25) is 0 Å². The Morgan fingerprint density at radius 2 is 2.00 bits per heavy atom. The van der Waals surface area contributed by atoms with Gasteiger partial charge in [-0.2, -0.15) is 0 Å². The molecule has 1 amide bonds. The van der Waals surface area contributed by atoms with Gasteiger partial charge < -0.3 is 20.5 Å². The SMILES string of the molecule is COc1cc(N)c(Cl)cc1C(=O)NC(C)COCc1ccccc1. The number of nitrogen functional groups attached to an aromatic ring is 1. The van der Waals surface area contributed by atoms with Gasteiger partial charge in [-0.05, 0) is 18.6 Å². The first-order chi connectivity index (χ1) is 11.5. The molecule has 0 fully saturated rings. The van der Waals surface area contributed by atoms with E-state index in [4.69, 9.17) is 26.8 Å². The summed E-state index contributed by atoms with van der Waals surface area (Å²) < 4.78 is 10.8. The second kappa shape index (κ2) is 8.57. The molecular formula is C18H21ClN2O3. The summed E-state index contributed by atoms with van der Waals surface area (Å²) in [6.45, 7) is 2.76. The van der Waals surface area contributed by atoms with Crippen molar-refractivity contribution in [3.8, 4) is 5.75 Å². The largest absolute Gasteiger partial charge is 0.496 e. The molecule has 2 rings (SSSR count). The van der Waals surface area contributed by atoms with E-state index >= 15 is 0 Å². The van der Waals surface area contributed by atoms with E-state index in [0.29, 0.717) is 35.2 Å². The highest BCUT2D eigenvalue weighted by atomic mass is 35.5. The number of rotatable bonds is 7. The number of nitrogens with one attached hydrogen (secondary N) is 1. The molecule has 1 unspecified atom stereocenters. The van der Waals surface area contributed by atoms with Crippen LogP contribution in [0.15, 0.2) is 42.5 Å². The number of hydrogen-bond acceptors (Lipinski definition) is 4. The number of carbonyl (C=O) groups is 1. The summed E-state index contributed by atoms with van der Waals surface area (Å²) in [6, 6.07) is 12.7. The predicted octanol–water partition coefficient (Wildman–Crippen LogP) is 3.27. The highest BCUT2D eigenvalue weighted by molar-refractivity contribution is 6.33. The van der Waals surface area contributed by atoms with Gasteiger partial charge in [0.1, 0.15) is 5.75 Å². The average molecular weight is 349 g/mol. The van der Waals surface area contributed by atoms with Gasteiger partial charge >= 0.3 is 0 Å². The van der Waals surface area contributed by atoms with Gasteiger partial charge in [0.05, 0.1) is 36.6 Å². The first-order valence-corrected chi connectivity index (χ1v) is 7.94. The molecule has 2 aromatic rings. The van der Waals surface area contributed by atoms with Crippen molar-refractivity contribution in [1.29, 1.82) is 0 Å². The van der Waals surface area contributed by atoms with E-state index in [0.717, 1.165) is 5.56 Å². The summed E-state index contributed by atoms with van der Waals surface area (Å²) in [5, 5.41) is 3.17. The van der Waals surface area contributed by atoms with Crippen LogP contribution in [0.3, 0.4) is 0 Å².